The maximum Gasteiger partial charge on any atom is 0.334 e. The second-order valence-corrected chi connectivity index (χ2v) is 7.32. The predicted octanol–water partition coefficient (Wildman–Crippen LogP) is 2.88. The molecule has 3 aromatic heterocycles. The lowest BCUT2D eigenvalue weighted by Crippen LogP contribution is -2.36. The fourth-order valence-corrected chi connectivity index (χ4v) is 4.01. The summed E-state index contributed by atoms with van der Waals surface area (Å²) in [6.45, 7) is 1.73. The summed E-state index contributed by atoms with van der Waals surface area (Å²) in [6, 6.07) is 14.9. The van der Waals surface area contributed by atoms with Gasteiger partial charge in [0, 0.05) is 18.8 Å². The van der Waals surface area contributed by atoms with E-state index in [9.17, 15) is 4.79 Å². The van der Waals surface area contributed by atoms with Gasteiger partial charge < -0.3 is 15.8 Å². The second-order valence-electron chi connectivity index (χ2n) is 7.32. The van der Waals surface area contributed by atoms with Crippen LogP contribution in [-0.4, -0.2) is 32.2 Å². The van der Waals surface area contributed by atoms with Gasteiger partial charge >= 0.3 is 5.69 Å². The van der Waals surface area contributed by atoms with Gasteiger partial charge in [0.2, 0.25) is 5.88 Å². The van der Waals surface area contributed by atoms with Crippen molar-refractivity contribution in [2.24, 2.45) is 0 Å². The normalized spacial score (nSPS) is 16.6. The number of nitrogens with two attached hydrogens (primary N) is 1. The molecule has 5 rings (SSSR count). The van der Waals surface area contributed by atoms with E-state index in [1.165, 1.54) is 0 Å². The number of piperidine rings is 1. The van der Waals surface area contributed by atoms with Gasteiger partial charge in [0.25, 0.3) is 0 Å². The molecule has 0 saturated carbocycles. The highest BCUT2D eigenvalue weighted by molar-refractivity contribution is 5.87. The first-order valence-electron chi connectivity index (χ1n) is 10.00. The van der Waals surface area contributed by atoms with Gasteiger partial charge in [-0.2, -0.15) is 0 Å². The van der Waals surface area contributed by atoms with Crippen molar-refractivity contribution in [2.75, 3.05) is 18.8 Å². The number of anilines is 1. The van der Waals surface area contributed by atoms with Gasteiger partial charge in [-0.05, 0) is 43.7 Å². The van der Waals surface area contributed by atoms with E-state index in [0.717, 1.165) is 31.4 Å². The number of nitrogens with one attached hydrogen (secondary N) is 1. The number of benzene rings is 1. The topological polar surface area (TPSA) is 100.0 Å². The smallest absolute Gasteiger partial charge is 0.334 e. The standard InChI is InChI=1S/C22H22N6O2/c23-21-20-18(10-12-25-21)27(15-5-4-11-24-13-15)22(29)28(20)16-8-9-19(26-14-16)30-17-6-2-1-3-7-17/h1-3,6-10,12,14-15,24H,4-5,11,13H2,(H2,23,25)/t15-/m1/s1. The summed E-state index contributed by atoms with van der Waals surface area (Å²) >= 11 is 0. The number of imidazole rings is 1. The van der Waals surface area contributed by atoms with Gasteiger partial charge in [-0.3, -0.25) is 9.13 Å². The summed E-state index contributed by atoms with van der Waals surface area (Å²) in [5, 5.41) is 3.37. The van der Waals surface area contributed by atoms with Crippen LogP contribution < -0.4 is 21.5 Å². The highest BCUT2D eigenvalue weighted by Gasteiger charge is 2.24. The third kappa shape index (κ3) is 3.21. The molecule has 1 atom stereocenters. The zero-order valence-electron chi connectivity index (χ0n) is 16.4. The summed E-state index contributed by atoms with van der Waals surface area (Å²) in [5.41, 5.74) is 8.06. The Kier molecular flexibility index (Phi) is 4.68. The Hall–Kier alpha value is -3.65. The monoisotopic (exact) mass is 402 g/mol. The fraction of sp³-hybridized carbons (Fsp3) is 0.227. The first-order chi connectivity index (χ1) is 14.7. The number of para-hydroxylation sites is 1. The molecule has 3 N–H and O–H groups in total. The van der Waals surface area contributed by atoms with Gasteiger partial charge in [0.1, 0.15) is 17.1 Å². The second kappa shape index (κ2) is 7.64. The van der Waals surface area contributed by atoms with E-state index in [1.807, 2.05) is 47.0 Å². The van der Waals surface area contributed by atoms with Crippen LogP contribution in [0.15, 0.2) is 65.7 Å². The molecule has 8 nitrogen and oxygen atoms in total. The zero-order chi connectivity index (χ0) is 20.5. The third-order valence-corrected chi connectivity index (χ3v) is 5.39. The molecule has 0 spiro atoms. The fourth-order valence-electron chi connectivity index (χ4n) is 4.01. The molecule has 30 heavy (non-hydrogen) atoms. The van der Waals surface area contributed by atoms with E-state index in [4.69, 9.17) is 10.5 Å². The molecule has 1 aliphatic heterocycles. The quantitative estimate of drug-likeness (QED) is 0.544. The maximum atomic E-state index is 13.5. The Balaban J connectivity index is 1.59. The molecule has 4 heterocycles. The van der Waals surface area contributed by atoms with Crippen LogP contribution in [-0.2, 0) is 0 Å². The summed E-state index contributed by atoms with van der Waals surface area (Å²) in [4.78, 5) is 22.1. The molecule has 1 aliphatic rings. The molecule has 152 valence electrons. The summed E-state index contributed by atoms with van der Waals surface area (Å²) in [5.74, 6) is 1.46. The average molecular weight is 402 g/mol. The van der Waals surface area contributed by atoms with E-state index in [-0.39, 0.29) is 11.7 Å². The van der Waals surface area contributed by atoms with Crippen molar-refractivity contribution in [3.8, 4) is 17.3 Å². The van der Waals surface area contributed by atoms with Gasteiger partial charge in [-0.1, -0.05) is 18.2 Å². The molecule has 0 amide bonds. The highest BCUT2D eigenvalue weighted by atomic mass is 16.5. The number of pyridine rings is 2. The minimum Gasteiger partial charge on any atom is -0.439 e. The van der Waals surface area contributed by atoms with Crippen molar-refractivity contribution in [3.63, 3.8) is 0 Å². The molecule has 0 unspecified atom stereocenters. The van der Waals surface area contributed by atoms with Gasteiger partial charge in [0.05, 0.1) is 23.4 Å². The third-order valence-electron chi connectivity index (χ3n) is 5.39. The molecule has 4 aromatic rings. The van der Waals surface area contributed by atoms with Crippen molar-refractivity contribution in [2.45, 2.75) is 18.9 Å². The Morgan fingerprint density at radius 3 is 2.70 bits per heavy atom. The molecule has 1 saturated heterocycles. The van der Waals surface area contributed by atoms with Crippen LogP contribution >= 0.6 is 0 Å². The molecule has 8 heteroatoms. The van der Waals surface area contributed by atoms with Gasteiger partial charge in [0.15, 0.2) is 0 Å². The van der Waals surface area contributed by atoms with Crippen molar-refractivity contribution in [1.82, 2.24) is 24.4 Å². The van der Waals surface area contributed by atoms with Gasteiger partial charge in [-0.25, -0.2) is 14.8 Å². The predicted molar refractivity (Wildman–Crippen MR) is 115 cm³/mol. The Morgan fingerprint density at radius 2 is 1.97 bits per heavy atom. The highest BCUT2D eigenvalue weighted by Crippen LogP contribution is 2.27. The minimum absolute atomic E-state index is 0.0745. The van der Waals surface area contributed by atoms with Crippen molar-refractivity contribution in [1.29, 1.82) is 0 Å². The Bertz CT molecular complexity index is 1220. The van der Waals surface area contributed by atoms with Crippen molar-refractivity contribution >= 4 is 16.9 Å². The number of aromatic nitrogens is 4. The van der Waals surface area contributed by atoms with E-state index in [2.05, 4.69) is 15.3 Å². The lowest BCUT2D eigenvalue weighted by Gasteiger charge is -2.23. The van der Waals surface area contributed by atoms with E-state index in [0.29, 0.717) is 28.7 Å². The lowest BCUT2D eigenvalue weighted by molar-refractivity contribution is 0.370. The lowest BCUT2D eigenvalue weighted by atomic mass is 10.1. The number of hydrogen-bond donors (Lipinski definition) is 2. The van der Waals surface area contributed by atoms with Gasteiger partial charge in [-0.15, -0.1) is 0 Å². The van der Waals surface area contributed by atoms with Crippen LogP contribution in [0.25, 0.3) is 16.7 Å². The number of hydrogen-bond acceptors (Lipinski definition) is 6. The number of fused-ring (bicyclic) bond motifs is 1. The molecule has 0 aliphatic carbocycles. The first-order valence-corrected chi connectivity index (χ1v) is 10.00. The number of nitrogens with zero attached hydrogens (tertiary/aromatic N) is 4. The van der Waals surface area contributed by atoms with Crippen molar-refractivity contribution in [3.05, 3.63) is 71.4 Å². The van der Waals surface area contributed by atoms with Crippen molar-refractivity contribution < 1.29 is 4.74 Å². The summed E-state index contributed by atoms with van der Waals surface area (Å²) in [6.07, 6.45) is 5.23. The largest absolute Gasteiger partial charge is 0.439 e. The van der Waals surface area contributed by atoms with Crippen LogP contribution in [0, 0.1) is 0 Å². The molecule has 0 bridgehead atoms. The number of ether oxygens (including phenoxy) is 1. The molecular formula is C22H22N6O2. The summed E-state index contributed by atoms with van der Waals surface area (Å²) in [7, 11) is 0. The SMILES string of the molecule is Nc1nccc2c1n(-c1ccc(Oc3ccccc3)nc1)c(=O)n2[C@@H]1CCCNC1. The average Bonchev–Trinajstić information content (AvgIpc) is 3.09. The Morgan fingerprint density at radius 1 is 1.10 bits per heavy atom. The van der Waals surface area contributed by atoms with Crippen LogP contribution in [0.3, 0.4) is 0 Å². The van der Waals surface area contributed by atoms with Crippen LogP contribution in [0.1, 0.15) is 18.9 Å². The summed E-state index contributed by atoms with van der Waals surface area (Å²) < 4.78 is 9.18. The maximum absolute atomic E-state index is 13.5. The minimum atomic E-state index is -0.142. The first kappa shape index (κ1) is 18.4. The number of rotatable bonds is 4. The zero-order valence-corrected chi connectivity index (χ0v) is 16.4. The number of nitrogen functional groups attached to an aromatic ring is 1. The van der Waals surface area contributed by atoms with Crippen LogP contribution in [0.4, 0.5) is 5.82 Å². The molecular weight excluding hydrogens is 380 g/mol. The van der Waals surface area contributed by atoms with Crippen LogP contribution in [0.2, 0.25) is 0 Å². The van der Waals surface area contributed by atoms with E-state index < -0.39 is 0 Å². The molecule has 1 aromatic carbocycles. The van der Waals surface area contributed by atoms with E-state index in [1.54, 1.807) is 23.0 Å². The Labute approximate surface area is 172 Å². The molecule has 0 radical (unpaired) electrons. The van der Waals surface area contributed by atoms with Crippen LogP contribution in [0.5, 0.6) is 11.6 Å². The van der Waals surface area contributed by atoms with E-state index >= 15 is 0 Å². The molecule has 1 fully saturated rings.